The zero-order valence-electron chi connectivity index (χ0n) is 6.32. The fourth-order valence-corrected chi connectivity index (χ4v) is 1.80. The van der Waals surface area contributed by atoms with Gasteiger partial charge in [0, 0.05) is 4.90 Å². The van der Waals surface area contributed by atoms with Crippen molar-refractivity contribution in [3.8, 4) is 0 Å². The van der Waals surface area contributed by atoms with E-state index in [2.05, 4.69) is 12.6 Å². The molecule has 0 unspecified atom stereocenters. The largest absolute Gasteiger partial charge is 0.779 e. The SMILES string of the molecule is [S-]c1cccc2c(S)cccc12. The molecule has 0 aliphatic carbocycles. The minimum Gasteiger partial charge on any atom is -0.779 e. The fraction of sp³-hybridized carbons (Fsp3) is 0. The van der Waals surface area contributed by atoms with Crippen molar-refractivity contribution >= 4 is 36.0 Å². The maximum Gasteiger partial charge on any atom is 0.0118 e. The summed E-state index contributed by atoms with van der Waals surface area (Å²) in [6.45, 7) is 0. The average Bonchev–Trinajstić information content (AvgIpc) is 2.07. The van der Waals surface area contributed by atoms with E-state index in [-0.39, 0.29) is 0 Å². The summed E-state index contributed by atoms with van der Waals surface area (Å²) in [7, 11) is 0. The Labute approximate surface area is 82.4 Å². The Morgan fingerprint density at radius 1 is 0.917 bits per heavy atom. The predicted molar refractivity (Wildman–Crippen MR) is 56.8 cm³/mol. The van der Waals surface area contributed by atoms with Gasteiger partial charge < -0.3 is 12.6 Å². The Morgan fingerprint density at radius 3 is 2.33 bits per heavy atom. The molecule has 0 amide bonds. The average molecular weight is 191 g/mol. The molecular formula is C10H7S2-. The molecule has 0 heterocycles. The molecule has 0 radical (unpaired) electrons. The molecule has 0 aliphatic rings. The van der Waals surface area contributed by atoms with Gasteiger partial charge in [-0.3, -0.25) is 0 Å². The number of benzene rings is 2. The van der Waals surface area contributed by atoms with Crippen LogP contribution in [-0.4, -0.2) is 0 Å². The molecule has 0 fully saturated rings. The summed E-state index contributed by atoms with van der Waals surface area (Å²) in [5.41, 5.74) is 0. The first-order chi connectivity index (χ1) is 5.79. The lowest BCUT2D eigenvalue weighted by Crippen LogP contribution is -1.77. The van der Waals surface area contributed by atoms with Gasteiger partial charge in [0.25, 0.3) is 0 Å². The van der Waals surface area contributed by atoms with Crippen LogP contribution < -0.4 is 0 Å². The molecule has 2 aromatic carbocycles. The monoisotopic (exact) mass is 191 g/mol. The highest BCUT2D eigenvalue weighted by atomic mass is 32.1. The van der Waals surface area contributed by atoms with Crippen molar-refractivity contribution in [3.05, 3.63) is 36.4 Å². The van der Waals surface area contributed by atoms with Gasteiger partial charge >= 0.3 is 0 Å². The second-order valence-electron chi connectivity index (χ2n) is 2.63. The van der Waals surface area contributed by atoms with E-state index in [0.717, 1.165) is 20.6 Å². The third-order valence-corrected chi connectivity index (χ3v) is 2.61. The topological polar surface area (TPSA) is 0 Å². The van der Waals surface area contributed by atoms with Gasteiger partial charge in [-0.2, -0.15) is 4.90 Å². The molecular weight excluding hydrogens is 184 g/mol. The molecule has 2 rings (SSSR count). The lowest BCUT2D eigenvalue weighted by Gasteiger charge is -2.10. The summed E-state index contributed by atoms with van der Waals surface area (Å²) in [4.78, 5) is 1.88. The van der Waals surface area contributed by atoms with E-state index < -0.39 is 0 Å². The van der Waals surface area contributed by atoms with Crippen molar-refractivity contribution in [1.82, 2.24) is 0 Å². The molecule has 0 saturated heterocycles. The summed E-state index contributed by atoms with van der Waals surface area (Å²) in [5.74, 6) is 0. The van der Waals surface area contributed by atoms with Crippen LogP contribution in [0.2, 0.25) is 0 Å². The van der Waals surface area contributed by atoms with Gasteiger partial charge in [-0.25, -0.2) is 0 Å². The van der Waals surface area contributed by atoms with Crippen molar-refractivity contribution < 1.29 is 0 Å². The van der Waals surface area contributed by atoms with Gasteiger partial charge in [0.1, 0.15) is 0 Å². The normalized spacial score (nSPS) is 10.4. The third-order valence-electron chi connectivity index (χ3n) is 1.86. The standard InChI is InChI=1S/C10H8S2/c11-9-5-1-3-7-8(9)4-2-6-10(7)12/h1-6,11-12H/p-1. The highest BCUT2D eigenvalue weighted by Gasteiger charge is 1.94. The third kappa shape index (κ3) is 1.17. The molecule has 2 heteroatoms. The van der Waals surface area contributed by atoms with E-state index >= 15 is 0 Å². The second-order valence-corrected chi connectivity index (χ2v) is 3.55. The lowest BCUT2D eigenvalue weighted by atomic mass is 10.1. The zero-order valence-corrected chi connectivity index (χ0v) is 8.03. The van der Waals surface area contributed by atoms with Crippen molar-refractivity contribution in [2.24, 2.45) is 0 Å². The van der Waals surface area contributed by atoms with Crippen molar-refractivity contribution in [1.29, 1.82) is 0 Å². The van der Waals surface area contributed by atoms with E-state index in [1.165, 1.54) is 0 Å². The molecule has 60 valence electrons. The van der Waals surface area contributed by atoms with Crippen LogP contribution in [-0.2, 0) is 12.6 Å². The molecule has 0 spiro atoms. The van der Waals surface area contributed by atoms with Crippen molar-refractivity contribution in [2.45, 2.75) is 9.79 Å². The maximum absolute atomic E-state index is 5.18. The molecule has 0 bridgehead atoms. The first-order valence-electron chi connectivity index (χ1n) is 3.67. The van der Waals surface area contributed by atoms with E-state index in [1.807, 2.05) is 36.4 Å². The fourth-order valence-electron chi connectivity index (χ4n) is 1.26. The minimum atomic E-state index is 0.892. The van der Waals surface area contributed by atoms with Crippen LogP contribution in [0.5, 0.6) is 0 Å². The Kier molecular flexibility index (Phi) is 1.95. The van der Waals surface area contributed by atoms with Crippen molar-refractivity contribution in [3.63, 3.8) is 0 Å². The summed E-state index contributed by atoms with van der Waals surface area (Å²) in [6.07, 6.45) is 0. The highest BCUT2D eigenvalue weighted by molar-refractivity contribution is 7.80. The van der Waals surface area contributed by atoms with Crippen LogP contribution in [0.4, 0.5) is 0 Å². The van der Waals surface area contributed by atoms with E-state index in [4.69, 9.17) is 12.6 Å². The predicted octanol–water partition coefficient (Wildman–Crippen LogP) is 3.03. The lowest BCUT2D eigenvalue weighted by molar-refractivity contribution is 1.49. The molecule has 0 saturated carbocycles. The van der Waals surface area contributed by atoms with Gasteiger partial charge in [-0.15, -0.1) is 12.6 Å². The molecule has 0 nitrogen and oxygen atoms in total. The second kappa shape index (κ2) is 2.96. The minimum absolute atomic E-state index is 0.892. The summed E-state index contributed by atoms with van der Waals surface area (Å²) in [5, 5.41) is 2.24. The van der Waals surface area contributed by atoms with E-state index in [1.54, 1.807) is 0 Å². The summed E-state index contributed by atoms with van der Waals surface area (Å²) < 4.78 is 0. The molecule has 0 aliphatic heterocycles. The highest BCUT2D eigenvalue weighted by Crippen LogP contribution is 2.24. The molecule has 0 N–H and O–H groups in total. The molecule has 12 heavy (non-hydrogen) atoms. The van der Waals surface area contributed by atoms with Gasteiger partial charge in [-0.1, -0.05) is 30.3 Å². The smallest absolute Gasteiger partial charge is 0.0118 e. The number of hydrogen-bond donors (Lipinski definition) is 1. The number of hydrogen-bond acceptors (Lipinski definition) is 2. The van der Waals surface area contributed by atoms with Gasteiger partial charge in [0.2, 0.25) is 0 Å². The Hall–Kier alpha value is -0.730. The zero-order chi connectivity index (χ0) is 8.55. The van der Waals surface area contributed by atoms with E-state index in [9.17, 15) is 0 Å². The quantitative estimate of drug-likeness (QED) is 0.493. The van der Waals surface area contributed by atoms with Crippen LogP contribution in [0.3, 0.4) is 0 Å². The van der Waals surface area contributed by atoms with Gasteiger partial charge in [0.05, 0.1) is 0 Å². The van der Waals surface area contributed by atoms with Crippen molar-refractivity contribution in [2.75, 3.05) is 0 Å². The van der Waals surface area contributed by atoms with Crippen LogP contribution >= 0.6 is 12.6 Å². The Bertz CT molecular complexity index is 380. The van der Waals surface area contributed by atoms with Crippen LogP contribution in [0.15, 0.2) is 46.2 Å². The number of thiol groups is 1. The van der Waals surface area contributed by atoms with Crippen LogP contribution in [0, 0.1) is 0 Å². The Balaban J connectivity index is 2.94. The van der Waals surface area contributed by atoms with Crippen LogP contribution in [0.1, 0.15) is 0 Å². The number of rotatable bonds is 0. The maximum atomic E-state index is 5.18. The molecule has 2 aromatic rings. The first-order valence-corrected chi connectivity index (χ1v) is 4.52. The van der Waals surface area contributed by atoms with E-state index in [0.29, 0.717) is 0 Å². The summed E-state index contributed by atoms with van der Waals surface area (Å²) >= 11 is 9.53. The first kappa shape index (κ1) is 7.90. The summed E-state index contributed by atoms with van der Waals surface area (Å²) in [6, 6.07) is 11.9. The molecule has 0 atom stereocenters. The van der Waals surface area contributed by atoms with Gasteiger partial charge in [0.15, 0.2) is 0 Å². The Morgan fingerprint density at radius 2 is 1.58 bits per heavy atom. The van der Waals surface area contributed by atoms with Gasteiger partial charge in [-0.05, 0) is 16.8 Å². The number of fused-ring (bicyclic) bond motifs is 1. The molecule has 0 aromatic heterocycles. The van der Waals surface area contributed by atoms with Crippen LogP contribution in [0.25, 0.3) is 10.8 Å².